The van der Waals surface area contributed by atoms with Gasteiger partial charge in [0.25, 0.3) is 0 Å². The maximum atomic E-state index is 11.8. The van der Waals surface area contributed by atoms with Gasteiger partial charge in [0.2, 0.25) is 0 Å². The molecule has 0 unspecified atom stereocenters. The van der Waals surface area contributed by atoms with E-state index in [1.54, 1.807) is 33.2 Å². The highest BCUT2D eigenvalue weighted by atomic mass is 32.2. The van der Waals surface area contributed by atoms with Crippen molar-refractivity contribution in [2.45, 2.75) is 38.2 Å². The van der Waals surface area contributed by atoms with Crippen molar-refractivity contribution in [3.63, 3.8) is 0 Å². The second kappa shape index (κ2) is 8.63. The van der Waals surface area contributed by atoms with E-state index in [1.807, 2.05) is 12.1 Å². The molecule has 1 N–H and O–H groups in total. The summed E-state index contributed by atoms with van der Waals surface area (Å²) < 4.78 is 9.87. The summed E-state index contributed by atoms with van der Waals surface area (Å²) in [6.45, 7) is 5.29. The maximum Gasteiger partial charge on any atom is 0.408 e. The number of hydrogen-bond acceptors (Lipinski definition) is 6. The van der Waals surface area contributed by atoms with Gasteiger partial charge in [-0.05, 0) is 38.5 Å². The average molecular weight is 326 g/mol. The zero-order valence-corrected chi connectivity index (χ0v) is 14.1. The van der Waals surface area contributed by atoms with Crippen molar-refractivity contribution in [3.8, 4) is 0 Å². The molecule has 1 aromatic heterocycles. The number of alkyl carbamates (subject to hydrolysis) is 1. The standard InChI is InChI=1S/C15H22N2O4S/c1-15(2,3)21-14(19)17-12(13(18)20-4)10-22-9-11-5-7-16-8-6-11/h5-8,12H,9-10H2,1-4H3,(H,17,19)/t12-/m0/s1. The SMILES string of the molecule is COC(=O)[C@H](CSCc1ccncc1)NC(=O)OC(C)(C)C. The highest BCUT2D eigenvalue weighted by molar-refractivity contribution is 7.98. The molecule has 0 aliphatic carbocycles. The molecule has 6 nitrogen and oxygen atoms in total. The number of pyridine rings is 1. The van der Waals surface area contributed by atoms with Crippen LogP contribution in [0.15, 0.2) is 24.5 Å². The summed E-state index contributed by atoms with van der Waals surface area (Å²) in [5, 5.41) is 2.54. The minimum atomic E-state index is -0.744. The normalized spacial score (nSPS) is 12.4. The number of thioether (sulfide) groups is 1. The Hall–Kier alpha value is -1.76. The number of carbonyl (C=O) groups is 2. The minimum absolute atomic E-state index is 0.397. The van der Waals surface area contributed by atoms with Crippen molar-refractivity contribution in [3.05, 3.63) is 30.1 Å². The zero-order chi connectivity index (χ0) is 16.6. The number of ether oxygens (including phenoxy) is 2. The molecule has 1 atom stereocenters. The van der Waals surface area contributed by atoms with Gasteiger partial charge in [0.05, 0.1) is 7.11 Å². The van der Waals surface area contributed by atoms with Crippen LogP contribution < -0.4 is 5.32 Å². The van der Waals surface area contributed by atoms with Gasteiger partial charge in [-0.3, -0.25) is 4.98 Å². The Morgan fingerprint density at radius 2 is 1.95 bits per heavy atom. The van der Waals surface area contributed by atoms with Gasteiger partial charge in [0.1, 0.15) is 11.6 Å². The molecular weight excluding hydrogens is 304 g/mol. The van der Waals surface area contributed by atoms with Crippen molar-refractivity contribution in [1.82, 2.24) is 10.3 Å². The molecule has 0 aliphatic heterocycles. The molecule has 0 radical (unpaired) electrons. The van der Waals surface area contributed by atoms with E-state index >= 15 is 0 Å². The Bertz CT molecular complexity index is 488. The van der Waals surface area contributed by atoms with Gasteiger partial charge < -0.3 is 14.8 Å². The average Bonchev–Trinajstić information content (AvgIpc) is 2.44. The van der Waals surface area contributed by atoms with E-state index in [0.717, 1.165) is 5.56 Å². The van der Waals surface area contributed by atoms with E-state index in [0.29, 0.717) is 11.5 Å². The molecule has 1 rings (SSSR count). The molecule has 0 aromatic carbocycles. The molecular formula is C15H22N2O4S. The summed E-state index contributed by atoms with van der Waals surface area (Å²) in [5.74, 6) is 0.619. The Morgan fingerprint density at radius 1 is 1.32 bits per heavy atom. The van der Waals surface area contributed by atoms with Crippen LogP contribution in [0.3, 0.4) is 0 Å². The maximum absolute atomic E-state index is 11.8. The highest BCUT2D eigenvalue weighted by Gasteiger charge is 2.24. The predicted molar refractivity (Wildman–Crippen MR) is 85.6 cm³/mol. The summed E-state index contributed by atoms with van der Waals surface area (Å²) in [7, 11) is 1.29. The largest absolute Gasteiger partial charge is 0.467 e. The summed E-state index contributed by atoms with van der Waals surface area (Å²) >= 11 is 1.52. The first-order chi connectivity index (χ1) is 10.3. The number of amides is 1. The van der Waals surface area contributed by atoms with Gasteiger partial charge in [0.15, 0.2) is 0 Å². The number of esters is 1. The number of rotatable bonds is 6. The Kier molecular flexibility index (Phi) is 7.17. The summed E-state index contributed by atoms with van der Waals surface area (Å²) in [4.78, 5) is 27.5. The number of nitrogens with one attached hydrogen (secondary N) is 1. The van der Waals surface area contributed by atoms with Crippen LogP contribution in [0.5, 0.6) is 0 Å². The second-order valence-corrected chi connectivity index (χ2v) is 6.62. The van der Waals surface area contributed by atoms with Crippen molar-refractivity contribution in [2.75, 3.05) is 12.9 Å². The van der Waals surface area contributed by atoms with Gasteiger partial charge in [-0.1, -0.05) is 0 Å². The van der Waals surface area contributed by atoms with Crippen molar-refractivity contribution in [1.29, 1.82) is 0 Å². The topological polar surface area (TPSA) is 77.5 Å². The molecule has 0 fully saturated rings. The van der Waals surface area contributed by atoms with Gasteiger partial charge in [-0.15, -0.1) is 0 Å². The van der Waals surface area contributed by atoms with Crippen LogP contribution in [-0.2, 0) is 20.0 Å². The van der Waals surface area contributed by atoms with Crippen LogP contribution in [0.1, 0.15) is 26.3 Å². The Morgan fingerprint density at radius 3 is 2.50 bits per heavy atom. The van der Waals surface area contributed by atoms with Gasteiger partial charge in [-0.2, -0.15) is 11.8 Å². The van der Waals surface area contributed by atoms with Gasteiger partial charge in [0, 0.05) is 23.9 Å². The first-order valence-electron chi connectivity index (χ1n) is 6.86. The lowest BCUT2D eigenvalue weighted by atomic mass is 10.2. The Labute approximate surface area is 135 Å². The van der Waals surface area contributed by atoms with Crippen LogP contribution in [0.25, 0.3) is 0 Å². The predicted octanol–water partition coefficient (Wildman–Crippen LogP) is 2.38. The van der Waals surface area contributed by atoms with Crippen molar-refractivity contribution >= 4 is 23.8 Å². The monoisotopic (exact) mass is 326 g/mol. The third-order valence-electron chi connectivity index (χ3n) is 2.48. The molecule has 0 spiro atoms. The lowest BCUT2D eigenvalue weighted by Gasteiger charge is -2.22. The number of nitrogens with zero attached hydrogens (tertiary/aromatic N) is 1. The van der Waals surface area contributed by atoms with Crippen LogP contribution in [-0.4, -0.2) is 41.6 Å². The highest BCUT2D eigenvalue weighted by Crippen LogP contribution is 2.13. The molecule has 1 amide bonds. The molecule has 0 bridgehead atoms. The molecule has 0 saturated heterocycles. The van der Waals surface area contributed by atoms with E-state index in [-0.39, 0.29) is 0 Å². The fourth-order valence-electron chi connectivity index (χ4n) is 1.53. The Balaban J connectivity index is 2.50. The zero-order valence-electron chi connectivity index (χ0n) is 13.3. The number of carbonyl (C=O) groups excluding carboxylic acids is 2. The molecule has 0 saturated carbocycles. The molecule has 1 aromatic rings. The van der Waals surface area contributed by atoms with Crippen molar-refractivity contribution < 1.29 is 19.1 Å². The second-order valence-electron chi connectivity index (χ2n) is 5.59. The summed E-state index contributed by atoms with van der Waals surface area (Å²) in [6, 6.07) is 3.06. The van der Waals surface area contributed by atoms with Crippen LogP contribution in [0.4, 0.5) is 4.79 Å². The molecule has 7 heteroatoms. The van der Waals surface area contributed by atoms with Gasteiger partial charge in [-0.25, -0.2) is 9.59 Å². The third kappa shape index (κ3) is 7.31. The smallest absolute Gasteiger partial charge is 0.408 e. The fourth-order valence-corrected chi connectivity index (χ4v) is 2.54. The number of aromatic nitrogens is 1. The summed E-state index contributed by atoms with van der Waals surface area (Å²) in [5.41, 5.74) is 0.482. The molecule has 0 aliphatic rings. The summed E-state index contributed by atoms with van der Waals surface area (Å²) in [6.07, 6.45) is 2.80. The van der Waals surface area contributed by atoms with Crippen LogP contribution in [0.2, 0.25) is 0 Å². The first kappa shape index (κ1) is 18.3. The number of hydrogen-bond donors (Lipinski definition) is 1. The lowest BCUT2D eigenvalue weighted by Crippen LogP contribution is -2.45. The quantitative estimate of drug-likeness (QED) is 0.809. The van der Waals surface area contributed by atoms with E-state index in [1.165, 1.54) is 18.9 Å². The number of methoxy groups -OCH3 is 1. The van der Waals surface area contributed by atoms with Crippen LogP contribution >= 0.6 is 11.8 Å². The fraction of sp³-hybridized carbons (Fsp3) is 0.533. The minimum Gasteiger partial charge on any atom is -0.467 e. The van der Waals surface area contributed by atoms with E-state index < -0.39 is 23.7 Å². The molecule has 122 valence electrons. The van der Waals surface area contributed by atoms with Gasteiger partial charge >= 0.3 is 12.1 Å². The van der Waals surface area contributed by atoms with E-state index in [4.69, 9.17) is 9.47 Å². The first-order valence-corrected chi connectivity index (χ1v) is 8.01. The van der Waals surface area contributed by atoms with Crippen LogP contribution in [0, 0.1) is 0 Å². The van der Waals surface area contributed by atoms with Crippen molar-refractivity contribution in [2.24, 2.45) is 0 Å². The lowest BCUT2D eigenvalue weighted by molar-refractivity contribution is -0.142. The third-order valence-corrected chi connectivity index (χ3v) is 3.59. The van der Waals surface area contributed by atoms with E-state index in [9.17, 15) is 9.59 Å². The molecule has 1 heterocycles. The molecule has 22 heavy (non-hydrogen) atoms. The van der Waals surface area contributed by atoms with E-state index in [2.05, 4.69) is 10.3 Å².